The summed E-state index contributed by atoms with van der Waals surface area (Å²) in [5.41, 5.74) is 16.5. The zero-order chi connectivity index (χ0) is 22.2. The second-order valence-corrected chi connectivity index (χ2v) is 6.96. The summed E-state index contributed by atoms with van der Waals surface area (Å²) in [4.78, 5) is 24.9. The monoisotopic (exact) mass is 412 g/mol. The molecule has 0 spiro atoms. The molecule has 0 aliphatic heterocycles. The lowest BCUT2D eigenvalue weighted by Gasteiger charge is -2.09. The summed E-state index contributed by atoms with van der Waals surface area (Å²) in [6.45, 7) is 5.22. The molecule has 0 fully saturated rings. The van der Waals surface area contributed by atoms with Crippen LogP contribution in [0, 0.1) is 0 Å². The van der Waals surface area contributed by atoms with Gasteiger partial charge in [0.15, 0.2) is 5.82 Å². The summed E-state index contributed by atoms with van der Waals surface area (Å²) >= 11 is 0. The number of hydrogen-bond acceptors (Lipinski definition) is 5. The maximum Gasteiger partial charge on any atom is 0.247 e. The van der Waals surface area contributed by atoms with E-state index in [1.807, 2.05) is 48.7 Å². The molecule has 0 bridgehead atoms. The van der Waals surface area contributed by atoms with Gasteiger partial charge in [-0.2, -0.15) is 0 Å². The maximum absolute atomic E-state index is 11.7. The second-order valence-electron chi connectivity index (χ2n) is 6.96. The highest BCUT2D eigenvalue weighted by Crippen LogP contribution is 2.26. The molecular weight excluding hydrogens is 388 g/mol. The van der Waals surface area contributed by atoms with E-state index in [1.54, 1.807) is 25.3 Å². The van der Waals surface area contributed by atoms with Crippen molar-refractivity contribution >= 4 is 23.2 Å². The quantitative estimate of drug-likeness (QED) is 0.310. The second kappa shape index (κ2) is 9.98. The predicted molar refractivity (Wildman–Crippen MR) is 125 cm³/mol. The lowest BCUT2D eigenvalue weighted by Crippen LogP contribution is -2.10. The van der Waals surface area contributed by atoms with E-state index in [4.69, 9.17) is 11.5 Å². The summed E-state index contributed by atoms with van der Waals surface area (Å²) in [5.74, 6) is 0.452. The highest BCUT2D eigenvalue weighted by Gasteiger charge is 2.08. The van der Waals surface area contributed by atoms with Gasteiger partial charge in [0.1, 0.15) is 5.84 Å². The van der Waals surface area contributed by atoms with Crippen LogP contribution in [0.3, 0.4) is 0 Å². The third-order valence-electron chi connectivity index (χ3n) is 4.23. The molecule has 3 rings (SSSR count). The first-order valence-electron chi connectivity index (χ1n) is 9.64. The number of carbonyl (C=O) groups is 1. The first-order chi connectivity index (χ1) is 14.9. The van der Waals surface area contributed by atoms with Crippen molar-refractivity contribution < 1.29 is 4.79 Å². The summed E-state index contributed by atoms with van der Waals surface area (Å²) in [5, 5.41) is 2.76. The number of aliphatic imine (C=N–C) groups is 1. The van der Waals surface area contributed by atoms with Crippen LogP contribution >= 0.6 is 0 Å². The Balaban J connectivity index is 2.04. The number of nitrogens with zero attached hydrogens (tertiary/aromatic N) is 3. The van der Waals surface area contributed by atoms with Crippen molar-refractivity contribution in [2.75, 3.05) is 5.32 Å². The van der Waals surface area contributed by atoms with E-state index >= 15 is 0 Å². The van der Waals surface area contributed by atoms with E-state index < -0.39 is 0 Å². The Kier molecular flexibility index (Phi) is 6.90. The number of hydrogen-bond donors (Lipinski definition) is 3. The zero-order valence-corrected chi connectivity index (χ0v) is 17.2. The highest BCUT2D eigenvalue weighted by molar-refractivity contribution is 5.99. The molecule has 2 heterocycles. The Morgan fingerprint density at radius 1 is 1.16 bits per heavy atom. The highest BCUT2D eigenvalue weighted by atomic mass is 16.1. The van der Waals surface area contributed by atoms with Crippen molar-refractivity contribution in [1.29, 1.82) is 0 Å². The van der Waals surface area contributed by atoms with Gasteiger partial charge in [-0.05, 0) is 67.0 Å². The van der Waals surface area contributed by atoms with Gasteiger partial charge in [-0.3, -0.25) is 9.78 Å². The maximum atomic E-state index is 11.7. The van der Waals surface area contributed by atoms with Gasteiger partial charge in [0.2, 0.25) is 5.91 Å². The Hall–Kier alpha value is -4.26. The Bertz CT molecular complexity index is 1150. The van der Waals surface area contributed by atoms with Gasteiger partial charge < -0.3 is 16.8 Å². The fraction of sp³-hybridized carbons (Fsp3) is 0.0833. The fourth-order valence-electron chi connectivity index (χ4n) is 2.96. The molecule has 0 atom stereocenters. The molecular formula is C24H24N6O. The molecule has 31 heavy (non-hydrogen) atoms. The molecule has 2 aromatic heterocycles. The van der Waals surface area contributed by atoms with Gasteiger partial charge in [0.25, 0.3) is 0 Å². The van der Waals surface area contributed by atoms with Crippen LogP contribution in [0.15, 0.2) is 90.3 Å². The van der Waals surface area contributed by atoms with Gasteiger partial charge in [-0.1, -0.05) is 24.8 Å². The Morgan fingerprint density at radius 2 is 2.00 bits per heavy atom. The van der Waals surface area contributed by atoms with Gasteiger partial charge in [-0.15, -0.1) is 0 Å². The number of aromatic nitrogens is 2. The molecule has 156 valence electrons. The zero-order valence-electron chi connectivity index (χ0n) is 17.2. The molecule has 5 N–H and O–H groups in total. The molecule has 1 amide bonds. The minimum absolute atomic E-state index is 0.268. The third-order valence-corrected chi connectivity index (χ3v) is 4.23. The lowest BCUT2D eigenvalue weighted by atomic mass is 10.0. The third kappa shape index (κ3) is 6.37. The van der Waals surface area contributed by atoms with Crippen LogP contribution in [0.25, 0.3) is 11.3 Å². The SMILES string of the molecule is C=CC(=O)Nc1cccc(-c2cc(Cc3cccnc3)cc(N=C(N)/C=C(/C)N)n2)c1. The number of nitrogens with one attached hydrogen (secondary N) is 1. The van der Waals surface area contributed by atoms with E-state index in [-0.39, 0.29) is 11.7 Å². The number of carbonyl (C=O) groups excluding carboxylic acids is 1. The van der Waals surface area contributed by atoms with E-state index in [0.29, 0.717) is 29.3 Å². The minimum atomic E-state index is -0.280. The summed E-state index contributed by atoms with van der Waals surface area (Å²) < 4.78 is 0. The number of anilines is 1. The van der Waals surface area contributed by atoms with E-state index in [2.05, 4.69) is 26.9 Å². The molecule has 0 unspecified atom stereocenters. The van der Waals surface area contributed by atoms with Crippen LogP contribution in [0.1, 0.15) is 18.1 Å². The van der Waals surface area contributed by atoms with E-state index in [9.17, 15) is 4.79 Å². The molecule has 0 saturated heterocycles. The van der Waals surface area contributed by atoms with Gasteiger partial charge in [0, 0.05) is 29.3 Å². The van der Waals surface area contributed by atoms with Crippen LogP contribution in [0.4, 0.5) is 11.5 Å². The lowest BCUT2D eigenvalue weighted by molar-refractivity contribution is -0.111. The standard InChI is InChI=1S/C24H24N6O/c1-3-24(31)28-20-8-4-7-19(14-20)21-12-18(11-17-6-5-9-27-15-17)13-23(29-21)30-22(26)10-16(2)25/h3-10,12-15H,1,11,25H2,2H3,(H,28,31)(H2,26,29,30)/b16-10-. The number of pyridine rings is 2. The van der Waals surface area contributed by atoms with Crippen molar-refractivity contribution in [3.05, 3.63) is 96.5 Å². The van der Waals surface area contributed by atoms with Gasteiger partial charge in [-0.25, -0.2) is 9.98 Å². The molecule has 0 aliphatic carbocycles. The fourth-order valence-corrected chi connectivity index (χ4v) is 2.96. The van der Waals surface area contributed by atoms with Crippen LogP contribution < -0.4 is 16.8 Å². The number of amidine groups is 1. The van der Waals surface area contributed by atoms with E-state index in [0.717, 1.165) is 16.7 Å². The van der Waals surface area contributed by atoms with Crippen LogP contribution in [-0.2, 0) is 11.2 Å². The summed E-state index contributed by atoms with van der Waals surface area (Å²) in [7, 11) is 0. The molecule has 0 radical (unpaired) electrons. The van der Waals surface area contributed by atoms with Crippen LogP contribution in [0.2, 0.25) is 0 Å². The number of nitrogens with two attached hydrogens (primary N) is 2. The number of amides is 1. The van der Waals surface area contributed by atoms with Crippen molar-refractivity contribution in [2.24, 2.45) is 16.5 Å². The summed E-state index contributed by atoms with van der Waals surface area (Å²) in [6, 6.07) is 15.2. The topological polar surface area (TPSA) is 119 Å². The van der Waals surface area contributed by atoms with Crippen LogP contribution in [0.5, 0.6) is 0 Å². The van der Waals surface area contributed by atoms with Gasteiger partial charge in [0.05, 0.1) is 5.69 Å². The first-order valence-corrected chi connectivity index (χ1v) is 9.64. The van der Waals surface area contributed by atoms with Crippen molar-refractivity contribution in [2.45, 2.75) is 13.3 Å². The predicted octanol–water partition coefficient (Wildman–Crippen LogP) is 3.71. The molecule has 1 aromatic carbocycles. The smallest absolute Gasteiger partial charge is 0.247 e. The van der Waals surface area contributed by atoms with Crippen molar-refractivity contribution in [1.82, 2.24) is 9.97 Å². The molecule has 7 nitrogen and oxygen atoms in total. The molecule has 0 aliphatic rings. The van der Waals surface area contributed by atoms with Crippen LogP contribution in [-0.4, -0.2) is 21.7 Å². The van der Waals surface area contributed by atoms with Crippen molar-refractivity contribution in [3.8, 4) is 11.3 Å². The molecule has 3 aromatic rings. The molecule has 7 heteroatoms. The number of benzene rings is 1. The largest absolute Gasteiger partial charge is 0.402 e. The number of allylic oxidation sites excluding steroid dienone is 1. The van der Waals surface area contributed by atoms with Gasteiger partial charge >= 0.3 is 0 Å². The summed E-state index contributed by atoms with van der Waals surface area (Å²) in [6.07, 6.45) is 7.03. The first kappa shape index (κ1) is 21.4. The minimum Gasteiger partial charge on any atom is -0.402 e. The Labute approximate surface area is 181 Å². The average molecular weight is 412 g/mol. The average Bonchev–Trinajstić information content (AvgIpc) is 2.73. The molecule has 0 saturated carbocycles. The number of rotatable bonds is 7. The normalized spacial score (nSPS) is 11.8. The van der Waals surface area contributed by atoms with E-state index in [1.165, 1.54) is 6.08 Å². The van der Waals surface area contributed by atoms with Crippen molar-refractivity contribution in [3.63, 3.8) is 0 Å². The Morgan fingerprint density at radius 3 is 2.71 bits per heavy atom.